The molecule has 0 bridgehead atoms. The number of amides is 2. The van der Waals surface area contributed by atoms with Crippen molar-refractivity contribution in [3.63, 3.8) is 0 Å². The van der Waals surface area contributed by atoms with Gasteiger partial charge in [0.05, 0.1) is 24.1 Å². The maximum Gasteiger partial charge on any atom is 0.251 e. The van der Waals surface area contributed by atoms with Gasteiger partial charge in [-0.15, -0.1) is 0 Å². The lowest BCUT2D eigenvalue weighted by molar-refractivity contribution is -0.120. The average Bonchev–Trinajstić information content (AvgIpc) is 3.04. The molecule has 140 valence electrons. The first-order valence-electron chi connectivity index (χ1n) is 9.06. The number of imidazole rings is 1. The van der Waals surface area contributed by atoms with Crippen molar-refractivity contribution in [1.29, 1.82) is 0 Å². The predicted molar refractivity (Wildman–Crippen MR) is 106 cm³/mol. The first-order chi connectivity index (χ1) is 13.0. The molecule has 2 N–H and O–H groups in total. The van der Waals surface area contributed by atoms with Crippen LogP contribution >= 0.6 is 0 Å². The zero-order valence-corrected chi connectivity index (χ0v) is 15.9. The lowest BCUT2D eigenvalue weighted by atomic mass is 10.1. The van der Waals surface area contributed by atoms with Crippen molar-refractivity contribution in [3.05, 3.63) is 65.0 Å². The van der Waals surface area contributed by atoms with Crippen molar-refractivity contribution in [2.24, 2.45) is 0 Å². The molecular formula is C21H24N4O2. The van der Waals surface area contributed by atoms with Gasteiger partial charge < -0.3 is 15.2 Å². The molecule has 2 amide bonds. The van der Waals surface area contributed by atoms with Crippen LogP contribution in [0, 0.1) is 13.8 Å². The molecule has 0 saturated heterocycles. The molecule has 0 aliphatic heterocycles. The maximum atomic E-state index is 12.2. The van der Waals surface area contributed by atoms with E-state index in [1.165, 1.54) is 0 Å². The Labute approximate surface area is 158 Å². The Hall–Kier alpha value is -3.15. The topological polar surface area (TPSA) is 76.0 Å². The van der Waals surface area contributed by atoms with E-state index in [0.29, 0.717) is 12.1 Å². The van der Waals surface area contributed by atoms with E-state index in [1.54, 1.807) is 6.07 Å². The highest BCUT2D eigenvalue weighted by molar-refractivity contribution is 5.96. The summed E-state index contributed by atoms with van der Waals surface area (Å²) in [6.07, 6.45) is 0. The number of hydrogen-bond donors (Lipinski definition) is 2. The van der Waals surface area contributed by atoms with Gasteiger partial charge in [-0.2, -0.15) is 0 Å². The Bertz CT molecular complexity index is 991. The number of aryl methyl sites for hydroxylation is 3. The molecule has 6 heteroatoms. The Kier molecular flexibility index (Phi) is 5.54. The van der Waals surface area contributed by atoms with Crippen molar-refractivity contribution < 1.29 is 9.59 Å². The second-order valence-corrected chi connectivity index (χ2v) is 6.52. The van der Waals surface area contributed by atoms with E-state index in [0.717, 1.165) is 34.5 Å². The molecule has 3 aromatic rings. The van der Waals surface area contributed by atoms with Gasteiger partial charge in [-0.1, -0.05) is 18.2 Å². The molecule has 1 heterocycles. The van der Waals surface area contributed by atoms with Crippen LogP contribution in [0.1, 0.15) is 34.2 Å². The second kappa shape index (κ2) is 8.03. The van der Waals surface area contributed by atoms with Crippen molar-refractivity contribution in [2.75, 3.05) is 6.54 Å². The Morgan fingerprint density at radius 3 is 2.56 bits per heavy atom. The zero-order chi connectivity index (χ0) is 19.4. The summed E-state index contributed by atoms with van der Waals surface area (Å²) in [6.45, 7) is 7.02. The number of aromatic nitrogens is 2. The fourth-order valence-electron chi connectivity index (χ4n) is 3.00. The fourth-order valence-corrected chi connectivity index (χ4v) is 3.00. The molecule has 0 unspecified atom stereocenters. The number of fused-ring (bicyclic) bond motifs is 1. The Balaban J connectivity index is 1.57. The number of rotatable bonds is 6. The van der Waals surface area contributed by atoms with Gasteiger partial charge in [-0.3, -0.25) is 9.59 Å². The molecule has 2 aromatic carbocycles. The summed E-state index contributed by atoms with van der Waals surface area (Å²) >= 11 is 0. The van der Waals surface area contributed by atoms with Gasteiger partial charge in [-0.05, 0) is 56.2 Å². The number of benzene rings is 2. The van der Waals surface area contributed by atoms with Gasteiger partial charge in [0.2, 0.25) is 5.91 Å². The highest BCUT2D eigenvalue weighted by Crippen LogP contribution is 2.15. The second-order valence-electron chi connectivity index (χ2n) is 6.52. The van der Waals surface area contributed by atoms with Crippen LogP contribution in [0.15, 0.2) is 42.5 Å². The van der Waals surface area contributed by atoms with Gasteiger partial charge in [-0.25, -0.2) is 4.98 Å². The Morgan fingerprint density at radius 2 is 1.81 bits per heavy atom. The van der Waals surface area contributed by atoms with Gasteiger partial charge in [0, 0.05) is 12.1 Å². The number of para-hydroxylation sites is 2. The summed E-state index contributed by atoms with van der Waals surface area (Å²) in [5.74, 6) is 0.295. The zero-order valence-electron chi connectivity index (χ0n) is 15.9. The summed E-state index contributed by atoms with van der Waals surface area (Å²) in [5, 5.41) is 5.48. The third-order valence-corrected chi connectivity index (χ3v) is 4.67. The van der Waals surface area contributed by atoms with Crippen molar-refractivity contribution in [1.82, 2.24) is 20.2 Å². The molecule has 0 spiro atoms. The van der Waals surface area contributed by atoms with Gasteiger partial charge in [0.25, 0.3) is 5.91 Å². The van der Waals surface area contributed by atoms with Crippen LogP contribution < -0.4 is 10.6 Å². The summed E-state index contributed by atoms with van der Waals surface area (Å²) in [6, 6.07) is 13.4. The van der Waals surface area contributed by atoms with Crippen LogP contribution in [0.2, 0.25) is 0 Å². The standard InChI is InChI=1S/C21H24N4O2/c1-4-25-18-8-6-5-7-17(18)24-19(25)12-22-20(26)13-23-21(27)16-10-9-14(2)15(3)11-16/h5-11H,4,12-13H2,1-3H3,(H,22,26)(H,23,27). The molecule has 0 atom stereocenters. The average molecular weight is 364 g/mol. The number of carbonyl (C=O) groups excluding carboxylic acids is 2. The SMILES string of the molecule is CCn1c(CNC(=O)CNC(=O)c2ccc(C)c(C)c2)nc2ccccc21. The van der Waals surface area contributed by atoms with E-state index in [9.17, 15) is 9.59 Å². The third-order valence-electron chi connectivity index (χ3n) is 4.67. The Morgan fingerprint density at radius 1 is 1.04 bits per heavy atom. The van der Waals surface area contributed by atoms with Crippen LogP contribution in [-0.4, -0.2) is 27.9 Å². The normalized spacial score (nSPS) is 10.8. The van der Waals surface area contributed by atoms with E-state index < -0.39 is 0 Å². The van der Waals surface area contributed by atoms with E-state index in [-0.39, 0.29) is 18.4 Å². The van der Waals surface area contributed by atoms with E-state index in [2.05, 4.69) is 20.2 Å². The first-order valence-corrected chi connectivity index (χ1v) is 9.06. The van der Waals surface area contributed by atoms with E-state index in [4.69, 9.17) is 0 Å². The molecule has 1 aromatic heterocycles. The quantitative estimate of drug-likeness (QED) is 0.706. The summed E-state index contributed by atoms with van der Waals surface area (Å²) in [5.41, 5.74) is 4.69. The largest absolute Gasteiger partial charge is 0.347 e. The minimum absolute atomic E-state index is 0.0713. The van der Waals surface area contributed by atoms with E-state index in [1.807, 2.05) is 57.2 Å². The lowest BCUT2D eigenvalue weighted by Crippen LogP contribution is -2.37. The minimum Gasteiger partial charge on any atom is -0.347 e. The number of hydrogen-bond acceptors (Lipinski definition) is 3. The molecule has 3 rings (SSSR count). The van der Waals surface area contributed by atoms with Gasteiger partial charge in [0.15, 0.2) is 0 Å². The molecule has 0 aliphatic carbocycles. The van der Waals surface area contributed by atoms with Crippen molar-refractivity contribution in [2.45, 2.75) is 33.9 Å². The number of carbonyl (C=O) groups is 2. The van der Waals surface area contributed by atoms with Gasteiger partial charge in [0.1, 0.15) is 5.82 Å². The van der Waals surface area contributed by atoms with Crippen LogP contribution in [0.4, 0.5) is 0 Å². The van der Waals surface area contributed by atoms with Crippen LogP contribution in [0.5, 0.6) is 0 Å². The van der Waals surface area contributed by atoms with Crippen LogP contribution in [-0.2, 0) is 17.9 Å². The van der Waals surface area contributed by atoms with Crippen molar-refractivity contribution in [3.8, 4) is 0 Å². The number of nitrogens with zero attached hydrogens (tertiary/aromatic N) is 2. The number of nitrogens with one attached hydrogen (secondary N) is 2. The minimum atomic E-state index is -0.256. The van der Waals surface area contributed by atoms with Crippen molar-refractivity contribution >= 4 is 22.8 Å². The summed E-state index contributed by atoms with van der Waals surface area (Å²) in [7, 11) is 0. The molecular weight excluding hydrogens is 340 g/mol. The lowest BCUT2D eigenvalue weighted by Gasteiger charge is -2.09. The van der Waals surface area contributed by atoms with E-state index >= 15 is 0 Å². The highest BCUT2D eigenvalue weighted by Gasteiger charge is 2.12. The summed E-state index contributed by atoms with van der Waals surface area (Å²) < 4.78 is 2.07. The monoisotopic (exact) mass is 364 g/mol. The molecule has 6 nitrogen and oxygen atoms in total. The molecule has 27 heavy (non-hydrogen) atoms. The first kappa shape index (κ1) is 18.6. The van der Waals surface area contributed by atoms with Crippen LogP contribution in [0.25, 0.3) is 11.0 Å². The predicted octanol–water partition coefficient (Wildman–Crippen LogP) is 2.72. The van der Waals surface area contributed by atoms with Crippen LogP contribution in [0.3, 0.4) is 0 Å². The molecule has 0 aliphatic rings. The highest BCUT2D eigenvalue weighted by atomic mass is 16.2. The smallest absolute Gasteiger partial charge is 0.251 e. The maximum absolute atomic E-state index is 12.2. The molecule has 0 fully saturated rings. The molecule has 0 saturated carbocycles. The van der Waals surface area contributed by atoms with Gasteiger partial charge >= 0.3 is 0 Å². The third kappa shape index (κ3) is 4.16. The fraction of sp³-hybridized carbons (Fsp3) is 0.286. The summed E-state index contributed by atoms with van der Waals surface area (Å²) in [4.78, 5) is 28.9. The molecule has 0 radical (unpaired) electrons.